The smallest absolute Gasteiger partial charge is 0.421 e. The normalized spacial score (nSPS) is 11.3. The van der Waals surface area contributed by atoms with Crippen LogP contribution in [-0.4, -0.2) is 45.0 Å². The van der Waals surface area contributed by atoms with Crippen molar-refractivity contribution in [2.75, 3.05) is 32.3 Å². The molecule has 2 rings (SSSR count). The maximum atomic E-state index is 12.9. The van der Waals surface area contributed by atoms with Crippen molar-refractivity contribution in [3.8, 4) is 23.3 Å². The van der Waals surface area contributed by atoms with Gasteiger partial charge in [0, 0.05) is 0 Å². The number of nitriles is 1. The number of amides is 2. The monoisotopic (exact) mass is 481 g/mol. The van der Waals surface area contributed by atoms with Gasteiger partial charge in [-0.1, -0.05) is 6.07 Å². The Morgan fingerprint density at radius 1 is 1.06 bits per heavy atom. The van der Waals surface area contributed by atoms with Crippen LogP contribution in [0.15, 0.2) is 36.4 Å². The standard InChI is InChI=1S/C26H31N3O6/c1-7-34-23-14-18(9-11-22(23)33-6)19(15-27)12-17-8-10-21(32-5)20(13-17)29(24(30)16-28)25(31)35-26(2,3)4/h8-14H,7,16,28H2,1-6H3. The Hall–Kier alpha value is -4.03. The lowest BCUT2D eigenvalue weighted by molar-refractivity contribution is -0.117. The molecular formula is C26H31N3O6. The van der Waals surface area contributed by atoms with Crippen molar-refractivity contribution in [1.29, 1.82) is 5.26 Å². The van der Waals surface area contributed by atoms with E-state index in [1.807, 2.05) is 6.92 Å². The van der Waals surface area contributed by atoms with E-state index >= 15 is 0 Å². The quantitative estimate of drug-likeness (QED) is 0.435. The SMILES string of the molecule is CCOc1cc(C(C#N)=Cc2ccc(OC)c(N(C(=O)CN)C(=O)OC(C)(C)C)c2)ccc1OC. The molecule has 0 radical (unpaired) electrons. The maximum absolute atomic E-state index is 12.9. The van der Waals surface area contributed by atoms with E-state index in [-0.39, 0.29) is 11.4 Å². The molecule has 0 aromatic heterocycles. The van der Waals surface area contributed by atoms with E-state index in [2.05, 4.69) is 6.07 Å². The van der Waals surface area contributed by atoms with Crippen LogP contribution in [0.1, 0.15) is 38.8 Å². The molecule has 0 spiro atoms. The highest BCUT2D eigenvalue weighted by molar-refractivity contribution is 6.14. The van der Waals surface area contributed by atoms with Gasteiger partial charge < -0.3 is 24.7 Å². The molecule has 186 valence electrons. The summed E-state index contributed by atoms with van der Waals surface area (Å²) in [5.41, 5.74) is 6.36. The van der Waals surface area contributed by atoms with Gasteiger partial charge in [0.25, 0.3) is 0 Å². The van der Waals surface area contributed by atoms with Crippen LogP contribution < -0.4 is 24.8 Å². The predicted molar refractivity (Wildman–Crippen MR) is 133 cm³/mol. The molecule has 0 heterocycles. The summed E-state index contributed by atoms with van der Waals surface area (Å²) in [6, 6.07) is 12.2. The first-order valence-electron chi connectivity index (χ1n) is 11.0. The fourth-order valence-electron chi connectivity index (χ4n) is 3.16. The lowest BCUT2D eigenvalue weighted by Gasteiger charge is -2.27. The Morgan fingerprint density at radius 2 is 1.71 bits per heavy atom. The summed E-state index contributed by atoms with van der Waals surface area (Å²) >= 11 is 0. The molecular weight excluding hydrogens is 450 g/mol. The van der Waals surface area contributed by atoms with Gasteiger partial charge in [-0.2, -0.15) is 5.26 Å². The molecule has 9 nitrogen and oxygen atoms in total. The Balaban J connectivity index is 2.60. The highest BCUT2D eigenvalue weighted by Gasteiger charge is 2.30. The number of allylic oxidation sites excluding steroid dienone is 1. The lowest BCUT2D eigenvalue weighted by Crippen LogP contribution is -2.44. The van der Waals surface area contributed by atoms with Crippen molar-refractivity contribution >= 4 is 29.3 Å². The zero-order valence-corrected chi connectivity index (χ0v) is 20.9. The number of benzene rings is 2. The Morgan fingerprint density at radius 3 is 2.26 bits per heavy atom. The van der Waals surface area contributed by atoms with Crippen LogP contribution in [0.5, 0.6) is 17.2 Å². The molecule has 0 aliphatic rings. The van der Waals surface area contributed by atoms with Gasteiger partial charge in [0.05, 0.1) is 44.7 Å². The fraction of sp³-hybridized carbons (Fsp3) is 0.346. The number of anilines is 1. The number of ether oxygens (including phenoxy) is 4. The molecule has 2 amide bonds. The molecule has 9 heteroatoms. The molecule has 2 aromatic carbocycles. The summed E-state index contributed by atoms with van der Waals surface area (Å²) < 4.78 is 21.7. The van der Waals surface area contributed by atoms with Gasteiger partial charge >= 0.3 is 6.09 Å². The van der Waals surface area contributed by atoms with Gasteiger partial charge in [0.1, 0.15) is 11.4 Å². The Kier molecular flexibility index (Phi) is 9.26. The van der Waals surface area contributed by atoms with Crippen molar-refractivity contribution in [2.24, 2.45) is 5.73 Å². The van der Waals surface area contributed by atoms with E-state index in [9.17, 15) is 14.9 Å². The third kappa shape index (κ3) is 6.98. The van der Waals surface area contributed by atoms with Crippen LogP contribution in [0, 0.1) is 11.3 Å². The summed E-state index contributed by atoms with van der Waals surface area (Å²) in [5.74, 6) is 0.647. The molecule has 2 aromatic rings. The van der Waals surface area contributed by atoms with Gasteiger partial charge in [-0.3, -0.25) is 4.79 Å². The summed E-state index contributed by atoms with van der Waals surface area (Å²) in [6.45, 7) is 6.94. The van der Waals surface area contributed by atoms with E-state index < -0.39 is 24.1 Å². The van der Waals surface area contributed by atoms with Crippen LogP contribution in [-0.2, 0) is 9.53 Å². The first kappa shape index (κ1) is 27.2. The van der Waals surface area contributed by atoms with E-state index in [0.717, 1.165) is 4.90 Å². The van der Waals surface area contributed by atoms with Gasteiger partial charge in [-0.05, 0) is 75.2 Å². The van der Waals surface area contributed by atoms with Crippen LogP contribution in [0.4, 0.5) is 10.5 Å². The Labute approximate surface area is 205 Å². The fourth-order valence-corrected chi connectivity index (χ4v) is 3.16. The number of carbonyl (C=O) groups is 2. The van der Waals surface area contributed by atoms with Crippen LogP contribution in [0.3, 0.4) is 0 Å². The van der Waals surface area contributed by atoms with Gasteiger partial charge in [0.2, 0.25) is 5.91 Å². The first-order chi connectivity index (χ1) is 16.6. The number of rotatable bonds is 8. The molecule has 0 fully saturated rings. The third-order valence-electron chi connectivity index (χ3n) is 4.65. The number of imide groups is 1. The molecule has 35 heavy (non-hydrogen) atoms. The summed E-state index contributed by atoms with van der Waals surface area (Å²) in [7, 11) is 2.96. The summed E-state index contributed by atoms with van der Waals surface area (Å²) in [6.07, 6.45) is 0.741. The average Bonchev–Trinajstić information content (AvgIpc) is 2.81. The number of hydrogen-bond acceptors (Lipinski definition) is 8. The van der Waals surface area contributed by atoms with Crippen molar-refractivity contribution in [2.45, 2.75) is 33.3 Å². The van der Waals surface area contributed by atoms with Crippen molar-refractivity contribution in [3.63, 3.8) is 0 Å². The van der Waals surface area contributed by atoms with E-state index in [1.54, 1.807) is 63.2 Å². The largest absolute Gasteiger partial charge is 0.495 e. The number of carbonyl (C=O) groups excluding carboxylic acids is 2. The van der Waals surface area contributed by atoms with Gasteiger partial charge in [-0.25, -0.2) is 9.69 Å². The molecule has 0 bridgehead atoms. The van der Waals surface area contributed by atoms with Gasteiger partial charge in [0.15, 0.2) is 11.5 Å². The second-order valence-corrected chi connectivity index (χ2v) is 8.31. The molecule has 0 saturated carbocycles. The minimum absolute atomic E-state index is 0.146. The Bertz CT molecular complexity index is 1140. The zero-order chi connectivity index (χ0) is 26.2. The maximum Gasteiger partial charge on any atom is 0.421 e. The highest BCUT2D eigenvalue weighted by atomic mass is 16.6. The van der Waals surface area contributed by atoms with E-state index in [0.29, 0.717) is 34.8 Å². The zero-order valence-electron chi connectivity index (χ0n) is 20.9. The van der Waals surface area contributed by atoms with Crippen molar-refractivity contribution < 1.29 is 28.5 Å². The lowest BCUT2D eigenvalue weighted by atomic mass is 10.0. The van der Waals surface area contributed by atoms with Crippen LogP contribution in [0.2, 0.25) is 0 Å². The minimum atomic E-state index is -0.885. The number of methoxy groups -OCH3 is 2. The topological polar surface area (TPSA) is 124 Å². The highest BCUT2D eigenvalue weighted by Crippen LogP contribution is 2.34. The average molecular weight is 482 g/mol. The second-order valence-electron chi connectivity index (χ2n) is 8.31. The molecule has 0 atom stereocenters. The second kappa shape index (κ2) is 11.9. The molecule has 0 aliphatic heterocycles. The van der Waals surface area contributed by atoms with E-state index in [4.69, 9.17) is 24.7 Å². The minimum Gasteiger partial charge on any atom is -0.495 e. The molecule has 0 unspecified atom stereocenters. The van der Waals surface area contributed by atoms with Crippen molar-refractivity contribution in [3.05, 3.63) is 47.5 Å². The molecule has 0 aliphatic carbocycles. The summed E-state index contributed by atoms with van der Waals surface area (Å²) in [4.78, 5) is 26.3. The van der Waals surface area contributed by atoms with Crippen LogP contribution >= 0.6 is 0 Å². The predicted octanol–water partition coefficient (Wildman–Crippen LogP) is 4.39. The molecule has 2 N–H and O–H groups in total. The van der Waals surface area contributed by atoms with Gasteiger partial charge in [-0.15, -0.1) is 0 Å². The van der Waals surface area contributed by atoms with Crippen molar-refractivity contribution in [1.82, 2.24) is 0 Å². The molecule has 0 saturated heterocycles. The third-order valence-corrected chi connectivity index (χ3v) is 4.65. The van der Waals surface area contributed by atoms with Crippen LogP contribution in [0.25, 0.3) is 11.6 Å². The number of hydrogen-bond donors (Lipinski definition) is 1. The first-order valence-corrected chi connectivity index (χ1v) is 11.0. The van der Waals surface area contributed by atoms with E-state index in [1.165, 1.54) is 14.2 Å². The number of nitrogens with two attached hydrogens (primary N) is 1. The summed E-state index contributed by atoms with van der Waals surface area (Å²) in [5, 5.41) is 9.84. The number of nitrogens with zero attached hydrogens (tertiary/aromatic N) is 2.